The van der Waals surface area contributed by atoms with Crippen molar-refractivity contribution in [1.82, 2.24) is 9.97 Å². The van der Waals surface area contributed by atoms with Crippen LogP contribution in [-0.2, 0) is 0 Å². The van der Waals surface area contributed by atoms with Gasteiger partial charge in [-0.3, -0.25) is 0 Å². The first-order valence-corrected chi connectivity index (χ1v) is 7.27. The van der Waals surface area contributed by atoms with Crippen LogP contribution in [0.25, 0.3) is 0 Å². The normalized spacial score (nSPS) is 15.1. The molecule has 6 heteroatoms. The molecule has 0 saturated carbocycles. The van der Waals surface area contributed by atoms with E-state index in [1.54, 1.807) is 13.3 Å². The topological polar surface area (TPSA) is 41.5 Å². The van der Waals surface area contributed by atoms with E-state index in [2.05, 4.69) is 44.0 Å². The van der Waals surface area contributed by atoms with Crippen molar-refractivity contribution in [2.24, 2.45) is 0 Å². The van der Waals surface area contributed by atoms with Crippen LogP contribution >= 0.6 is 11.6 Å². The van der Waals surface area contributed by atoms with E-state index in [0.29, 0.717) is 5.75 Å². The van der Waals surface area contributed by atoms with E-state index in [1.165, 1.54) is 5.69 Å². The van der Waals surface area contributed by atoms with Crippen molar-refractivity contribution in [2.75, 3.05) is 43.1 Å². The number of piperazine rings is 1. The fourth-order valence-corrected chi connectivity index (χ4v) is 2.66. The smallest absolute Gasteiger partial charge is 0.224 e. The van der Waals surface area contributed by atoms with Crippen molar-refractivity contribution in [3.8, 4) is 5.75 Å². The summed E-state index contributed by atoms with van der Waals surface area (Å²) >= 11 is 5.90. The summed E-state index contributed by atoms with van der Waals surface area (Å²) in [6.45, 7) is 3.63. The highest BCUT2D eigenvalue weighted by molar-refractivity contribution is 6.28. The van der Waals surface area contributed by atoms with Gasteiger partial charge in [0.2, 0.25) is 5.28 Å². The molecule has 0 unspecified atom stereocenters. The van der Waals surface area contributed by atoms with Gasteiger partial charge in [-0.2, -0.15) is 4.98 Å². The third-order valence-corrected chi connectivity index (χ3v) is 3.81. The van der Waals surface area contributed by atoms with Gasteiger partial charge in [0.05, 0.1) is 13.3 Å². The maximum absolute atomic E-state index is 5.90. The standard InChI is InChI=1S/C15H17ClN4O/c1-21-13-11-17-15(16)18-14(13)20-9-7-19(8-10-20)12-5-3-2-4-6-12/h2-6,11H,7-10H2,1H3. The van der Waals surface area contributed by atoms with Crippen LogP contribution in [0.4, 0.5) is 11.5 Å². The van der Waals surface area contributed by atoms with Crippen LogP contribution in [0.1, 0.15) is 0 Å². The van der Waals surface area contributed by atoms with Gasteiger partial charge in [0.1, 0.15) is 0 Å². The first kappa shape index (κ1) is 13.9. The minimum Gasteiger partial charge on any atom is -0.491 e. The number of nitrogens with zero attached hydrogens (tertiary/aromatic N) is 4. The van der Waals surface area contributed by atoms with E-state index < -0.39 is 0 Å². The van der Waals surface area contributed by atoms with Crippen molar-refractivity contribution in [2.45, 2.75) is 0 Å². The Balaban J connectivity index is 1.73. The highest BCUT2D eigenvalue weighted by atomic mass is 35.5. The lowest BCUT2D eigenvalue weighted by molar-refractivity contribution is 0.409. The Morgan fingerprint density at radius 3 is 2.38 bits per heavy atom. The molecule has 0 amide bonds. The van der Waals surface area contributed by atoms with E-state index in [4.69, 9.17) is 16.3 Å². The van der Waals surface area contributed by atoms with E-state index >= 15 is 0 Å². The fourth-order valence-electron chi connectivity index (χ4n) is 2.53. The number of halogens is 1. The Labute approximate surface area is 129 Å². The molecule has 3 rings (SSSR count). The molecular formula is C15H17ClN4O. The van der Waals surface area contributed by atoms with Gasteiger partial charge in [0.25, 0.3) is 0 Å². The second-order valence-electron chi connectivity index (χ2n) is 4.84. The molecule has 5 nitrogen and oxygen atoms in total. The molecule has 1 fully saturated rings. The van der Waals surface area contributed by atoms with Crippen LogP contribution in [0.5, 0.6) is 5.75 Å². The average molecular weight is 305 g/mol. The van der Waals surface area contributed by atoms with Crippen LogP contribution < -0.4 is 14.5 Å². The van der Waals surface area contributed by atoms with Gasteiger partial charge in [-0.1, -0.05) is 18.2 Å². The zero-order valence-electron chi connectivity index (χ0n) is 11.9. The Morgan fingerprint density at radius 1 is 1.05 bits per heavy atom. The van der Waals surface area contributed by atoms with Crippen LogP contribution in [0.3, 0.4) is 0 Å². The molecule has 0 N–H and O–H groups in total. The number of rotatable bonds is 3. The highest BCUT2D eigenvalue weighted by Gasteiger charge is 2.21. The third-order valence-electron chi connectivity index (χ3n) is 3.63. The molecule has 21 heavy (non-hydrogen) atoms. The number of methoxy groups -OCH3 is 1. The number of hydrogen-bond donors (Lipinski definition) is 0. The van der Waals surface area contributed by atoms with Gasteiger partial charge in [0.15, 0.2) is 11.6 Å². The number of hydrogen-bond acceptors (Lipinski definition) is 5. The second-order valence-corrected chi connectivity index (χ2v) is 5.18. The number of benzene rings is 1. The van der Waals surface area contributed by atoms with Crippen molar-refractivity contribution < 1.29 is 4.74 Å². The second kappa shape index (κ2) is 6.18. The molecule has 0 bridgehead atoms. The monoisotopic (exact) mass is 304 g/mol. The summed E-state index contributed by atoms with van der Waals surface area (Å²) in [6.07, 6.45) is 1.62. The summed E-state index contributed by atoms with van der Waals surface area (Å²) in [4.78, 5) is 12.8. The maximum Gasteiger partial charge on any atom is 0.224 e. The molecule has 1 aliphatic heterocycles. The lowest BCUT2D eigenvalue weighted by Crippen LogP contribution is -2.47. The first-order valence-electron chi connectivity index (χ1n) is 6.89. The Morgan fingerprint density at radius 2 is 1.71 bits per heavy atom. The summed E-state index contributed by atoms with van der Waals surface area (Å²) < 4.78 is 5.33. The molecule has 1 aliphatic rings. The molecule has 110 valence electrons. The van der Waals surface area contributed by atoms with Crippen molar-refractivity contribution in [1.29, 1.82) is 0 Å². The zero-order chi connectivity index (χ0) is 14.7. The van der Waals surface area contributed by atoms with E-state index in [-0.39, 0.29) is 5.28 Å². The van der Waals surface area contributed by atoms with Gasteiger partial charge < -0.3 is 14.5 Å². The molecule has 1 aromatic heterocycles. The molecule has 0 spiro atoms. The molecule has 2 aromatic rings. The molecule has 0 aliphatic carbocycles. The van der Waals surface area contributed by atoms with Gasteiger partial charge in [-0.25, -0.2) is 4.98 Å². The van der Waals surface area contributed by atoms with Crippen LogP contribution in [0.15, 0.2) is 36.5 Å². The third kappa shape index (κ3) is 3.03. The van der Waals surface area contributed by atoms with Crippen molar-refractivity contribution >= 4 is 23.1 Å². The fraction of sp³-hybridized carbons (Fsp3) is 0.333. The summed E-state index contributed by atoms with van der Waals surface area (Å²) in [5.41, 5.74) is 1.25. The summed E-state index contributed by atoms with van der Waals surface area (Å²) in [5.74, 6) is 1.43. The molecule has 1 aromatic carbocycles. The quantitative estimate of drug-likeness (QED) is 0.815. The molecular weight excluding hydrogens is 288 g/mol. The van der Waals surface area contributed by atoms with Crippen molar-refractivity contribution in [3.05, 3.63) is 41.8 Å². The van der Waals surface area contributed by atoms with Crippen LogP contribution in [0, 0.1) is 0 Å². The van der Waals surface area contributed by atoms with Gasteiger partial charge in [-0.05, 0) is 23.7 Å². The van der Waals surface area contributed by atoms with Crippen LogP contribution in [0.2, 0.25) is 5.28 Å². The number of anilines is 2. The van der Waals surface area contributed by atoms with Gasteiger partial charge >= 0.3 is 0 Å². The molecule has 1 saturated heterocycles. The predicted octanol–water partition coefficient (Wildman–Crippen LogP) is 2.47. The summed E-state index contributed by atoms with van der Waals surface area (Å²) in [7, 11) is 1.62. The Hall–Kier alpha value is -2.01. The van der Waals surface area contributed by atoms with E-state index in [9.17, 15) is 0 Å². The summed E-state index contributed by atoms with van der Waals surface area (Å²) in [5, 5.41) is 0.247. The van der Waals surface area contributed by atoms with E-state index in [1.807, 2.05) is 6.07 Å². The maximum atomic E-state index is 5.90. The number of para-hydroxylation sites is 1. The lowest BCUT2D eigenvalue weighted by Gasteiger charge is -2.37. The minimum atomic E-state index is 0.247. The summed E-state index contributed by atoms with van der Waals surface area (Å²) in [6, 6.07) is 10.4. The first-order chi connectivity index (χ1) is 10.3. The highest BCUT2D eigenvalue weighted by Crippen LogP contribution is 2.27. The van der Waals surface area contributed by atoms with Gasteiger partial charge in [0, 0.05) is 31.9 Å². The lowest BCUT2D eigenvalue weighted by atomic mass is 10.2. The zero-order valence-corrected chi connectivity index (χ0v) is 12.6. The molecule has 0 radical (unpaired) electrons. The Kier molecular flexibility index (Phi) is 4.10. The average Bonchev–Trinajstić information content (AvgIpc) is 2.56. The largest absolute Gasteiger partial charge is 0.491 e. The SMILES string of the molecule is COc1cnc(Cl)nc1N1CCN(c2ccccc2)CC1. The minimum absolute atomic E-state index is 0.247. The number of aromatic nitrogens is 2. The number of ether oxygens (including phenoxy) is 1. The Bertz CT molecular complexity index is 600. The molecule has 0 atom stereocenters. The molecule has 2 heterocycles. The van der Waals surface area contributed by atoms with Crippen molar-refractivity contribution in [3.63, 3.8) is 0 Å². The van der Waals surface area contributed by atoms with E-state index in [0.717, 1.165) is 32.0 Å². The van der Waals surface area contributed by atoms with Gasteiger partial charge in [-0.15, -0.1) is 0 Å². The predicted molar refractivity (Wildman–Crippen MR) is 84.5 cm³/mol. The van der Waals surface area contributed by atoms with Crippen LogP contribution in [-0.4, -0.2) is 43.3 Å².